The number of esters is 2. The number of halogens is 1. The zero-order valence-electron chi connectivity index (χ0n) is 17.3. The van der Waals surface area contributed by atoms with Crippen molar-refractivity contribution in [2.24, 2.45) is 0 Å². The highest BCUT2D eigenvalue weighted by Crippen LogP contribution is 2.39. The predicted octanol–water partition coefficient (Wildman–Crippen LogP) is 4.09. The van der Waals surface area contributed by atoms with E-state index in [0.717, 1.165) is 10.5 Å². The average Bonchev–Trinajstić information content (AvgIpc) is 3.02. The van der Waals surface area contributed by atoms with Crippen molar-refractivity contribution in [3.05, 3.63) is 63.0 Å². The molecule has 2 aromatic carbocycles. The molecule has 0 radical (unpaired) electrons. The van der Waals surface area contributed by atoms with Crippen molar-refractivity contribution in [2.45, 2.75) is 6.92 Å². The van der Waals surface area contributed by atoms with Crippen molar-refractivity contribution in [1.29, 1.82) is 0 Å². The first-order chi connectivity index (χ1) is 15.2. The molecule has 3 rings (SSSR count). The highest BCUT2D eigenvalue weighted by Gasteiger charge is 2.36. The van der Waals surface area contributed by atoms with Crippen LogP contribution in [-0.2, 0) is 14.3 Å². The molecule has 1 saturated heterocycles. The van der Waals surface area contributed by atoms with Gasteiger partial charge in [-0.25, -0.2) is 4.79 Å². The fourth-order valence-electron chi connectivity index (χ4n) is 2.74. The summed E-state index contributed by atoms with van der Waals surface area (Å²) in [5, 5.41) is -0.516. The van der Waals surface area contributed by atoms with Gasteiger partial charge in [-0.05, 0) is 54.6 Å². The van der Waals surface area contributed by atoms with Gasteiger partial charge in [0.05, 0.1) is 29.7 Å². The zero-order valence-corrected chi connectivity index (χ0v) is 18.9. The number of hydrogen-bond acceptors (Lipinski definition) is 8. The van der Waals surface area contributed by atoms with E-state index >= 15 is 0 Å². The molecule has 1 fully saturated rings. The zero-order chi connectivity index (χ0) is 23.4. The number of benzene rings is 2. The minimum atomic E-state index is -0.710. The topological polar surface area (TPSA) is 99.2 Å². The summed E-state index contributed by atoms with van der Waals surface area (Å²) in [5.74, 6) is -1.76. The lowest BCUT2D eigenvalue weighted by Gasteiger charge is -2.12. The second kappa shape index (κ2) is 9.88. The lowest BCUT2D eigenvalue weighted by Crippen LogP contribution is -2.34. The van der Waals surface area contributed by atoms with Crippen LogP contribution in [0.25, 0.3) is 6.08 Å². The third-order valence-corrected chi connectivity index (χ3v) is 5.61. The minimum absolute atomic E-state index is 0.0238. The molecule has 8 nitrogen and oxygen atoms in total. The van der Waals surface area contributed by atoms with E-state index in [0.29, 0.717) is 22.9 Å². The van der Waals surface area contributed by atoms with Gasteiger partial charge in [-0.2, -0.15) is 0 Å². The number of amides is 2. The van der Waals surface area contributed by atoms with Crippen LogP contribution in [0.4, 0.5) is 4.79 Å². The quantitative estimate of drug-likeness (QED) is 0.350. The minimum Gasteiger partial charge on any atom is -0.493 e. The lowest BCUT2D eigenvalue weighted by molar-refractivity contribution is -0.143. The van der Waals surface area contributed by atoms with E-state index in [9.17, 15) is 19.2 Å². The molecule has 0 aromatic heterocycles. The Labute approximate surface area is 193 Å². The van der Waals surface area contributed by atoms with Gasteiger partial charge >= 0.3 is 11.9 Å². The molecule has 1 heterocycles. The molecule has 166 valence electrons. The standard InChI is InChI=1S/C22H18ClNO7S/c1-12-4-6-14(7-5-12)21(27)31-19-15(23)8-13(9-16(19)29-2)10-17-20(26)24(22(28)32-17)11-18(25)30-3/h4-10H,11H2,1-3H3/b17-10-. The number of thioether (sulfide) groups is 1. The fourth-order valence-corrected chi connectivity index (χ4v) is 3.84. The van der Waals surface area contributed by atoms with Crippen LogP contribution in [0.2, 0.25) is 5.02 Å². The van der Waals surface area contributed by atoms with Crippen LogP contribution in [-0.4, -0.2) is 48.7 Å². The smallest absolute Gasteiger partial charge is 0.343 e. The third kappa shape index (κ3) is 5.12. The number of methoxy groups -OCH3 is 2. The fraction of sp³-hybridized carbons (Fsp3) is 0.182. The Balaban J connectivity index is 1.85. The third-order valence-electron chi connectivity index (χ3n) is 4.42. The first kappa shape index (κ1) is 23.4. The summed E-state index contributed by atoms with van der Waals surface area (Å²) in [4.78, 5) is 49.3. The van der Waals surface area contributed by atoms with E-state index < -0.39 is 29.6 Å². The number of rotatable bonds is 6. The van der Waals surface area contributed by atoms with Crippen LogP contribution in [0, 0.1) is 6.92 Å². The molecule has 0 unspecified atom stereocenters. The average molecular weight is 476 g/mol. The number of hydrogen-bond donors (Lipinski definition) is 0. The van der Waals surface area contributed by atoms with E-state index in [2.05, 4.69) is 4.74 Å². The molecule has 0 bridgehead atoms. The Morgan fingerprint density at radius 3 is 2.44 bits per heavy atom. The maximum Gasteiger partial charge on any atom is 0.343 e. The number of nitrogens with zero attached hydrogens (tertiary/aromatic N) is 1. The van der Waals surface area contributed by atoms with Crippen LogP contribution in [0.15, 0.2) is 41.3 Å². The Hall–Kier alpha value is -3.30. The second-order valence-corrected chi connectivity index (χ2v) is 8.03. The molecule has 0 spiro atoms. The van der Waals surface area contributed by atoms with Crippen molar-refractivity contribution in [2.75, 3.05) is 20.8 Å². The van der Waals surface area contributed by atoms with Crippen LogP contribution >= 0.6 is 23.4 Å². The van der Waals surface area contributed by atoms with E-state index in [1.807, 2.05) is 6.92 Å². The van der Waals surface area contributed by atoms with Gasteiger partial charge in [0, 0.05) is 0 Å². The van der Waals surface area contributed by atoms with Crippen LogP contribution in [0.5, 0.6) is 11.5 Å². The van der Waals surface area contributed by atoms with Gasteiger partial charge in [-0.1, -0.05) is 29.3 Å². The van der Waals surface area contributed by atoms with Crippen molar-refractivity contribution < 1.29 is 33.4 Å². The Bertz CT molecular complexity index is 1130. The summed E-state index contributed by atoms with van der Waals surface area (Å²) >= 11 is 7.00. The van der Waals surface area contributed by atoms with E-state index in [1.54, 1.807) is 24.3 Å². The summed E-state index contributed by atoms with van der Waals surface area (Å²) in [6, 6.07) is 9.82. The second-order valence-electron chi connectivity index (χ2n) is 6.63. The van der Waals surface area contributed by atoms with Crippen LogP contribution < -0.4 is 9.47 Å². The first-order valence-corrected chi connectivity index (χ1v) is 10.4. The van der Waals surface area contributed by atoms with Gasteiger partial charge in [0.15, 0.2) is 11.5 Å². The molecule has 0 saturated carbocycles. The highest BCUT2D eigenvalue weighted by molar-refractivity contribution is 8.18. The predicted molar refractivity (Wildman–Crippen MR) is 119 cm³/mol. The molecule has 2 aromatic rings. The molecule has 32 heavy (non-hydrogen) atoms. The van der Waals surface area contributed by atoms with Crippen molar-refractivity contribution in [1.82, 2.24) is 4.90 Å². The molecule has 10 heteroatoms. The summed E-state index contributed by atoms with van der Waals surface area (Å²) in [7, 11) is 2.54. The lowest BCUT2D eigenvalue weighted by atomic mass is 10.1. The number of aryl methyl sites for hydroxylation is 1. The molecular formula is C22H18ClNO7S. The van der Waals surface area contributed by atoms with Gasteiger partial charge in [-0.15, -0.1) is 0 Å². The molecule has 0 atom stereocenters. The molecular weight excluding hydrogens is 458 g/mol. The highest BCUT2D eigenvalue weighted by atomic mass is 35.5. The molecule has 0 N–H and O–H groups in total. The Morgan fingerprint density at radius 1 is 1.12 bits per heavy atom. The molecule has 1 aliphatic heterocycles. The van der Waals surface area contributed by atoms with Gasteiger partial charge < -0.3 is 14.2 Å². The van der Waals surface area contributed by atoms with Gasteiger partial charge in [0.1, 0.15) is 6.54 Å². The van der Waals surface area contributed by atoms with Gasteiger partial charge in [0.2, 0.25) is 0 Å². The molecule has 0 aliphatic carbocycles. The summed E-state index contributed by atoms with van der Waals surface area (Å²) < 4.78 is 15.2. The maximum absolute atomic E-state index is 12.5. The number of ether oxygens (including phenoxy) is 3. The number of carbonyl (C=O) groups excluding carboxylic acids is 4. The summed E-state index contributed by atoms with van der Waals surface area (Å²) in [6.07, 6.45) is 1.43. The Kier molecular flexibility index (Phi) is 7.22. The van der Waals surface area contributed by atoms with E-state index in [1.165, 1.54) is 32.4 Å². The monoisotopic (exact) mass is 475 g/mol. The summed E-state index contributed by atoms with van der Waals surface area (Å²) in [6.45, 7) is 1.42. The van der Waals surface area contributed by atoms with E-state index in [-0.39, 0.29) is 21.4 Å². The largest absolute Gasteiger partial charge is 0.493 e. The van der Waals surface area contributed by atoms with Gasteiger partial charge in [0.25, 0.3) is 11.1 Å². The SMILES string of the molecule is COC(=O)CN1C(=O)S/C(=C\c2cc(Cl)c(OC(=O)c3ccc(C)cc3)c(OC)c2)C1=O. The maximum atomic E-state index is 12.5. The van der Waals surface area contributed by atoms with Crippen molar-refractivity contribution in [3.8, 4) is 11.5 Å². The normalized spacial score (nSPS) is 14.6. The van der Waals surface area contributed by atoms with Gasteiger partial charge in [-0.3, -0.25) is 19.3 Å². The van der Waals surface area contributed by atoms with E-state index in [4.69, 9.17) is 21.1 Å². The van der Waals surface area contributed by atoms with Crippen LogP contribution in [0.3, 0.4) is 0 Å². The van der Waals surface area contributed by atoms with Crippen molar-refractivity contribution >= 4 is 52.5 Å². The summed E-state index contributed by atoms with van der Waals surface area (Å²) in [5.41, 5.74) is 1.78. The number of carbonyl (C=O) groups is 4. The number of imide groups is 1. The molecule has 2 amide bonds. The molecule has 1 aliphatic rings. The van der Waals surface area contributed by atoms with Crippen LogP contribution in [0.1, 0.15) is 21.5 Å². The van der Waals surface area contributed by atoms with Crippen molar-refractivity contribution in [3.63, 3.8) is 0 Å². The first-order valence-electron chi connectivity index (χ1n) is 9.22. The Morgan fingerprint density at radius 2 is 1.81 bits per heavy atom.